The number of nitrogens with zero attached hydrogens (tertiary/aromatic N) is 1. The second-order valence-corrected chi connectivity index (χ2v) is 4.05. The summed E-state index contributed by atoms with van der Waals surface area (Å²) in [6, 6.07) is 7.97. The molecule has 1 N–H and O–H groups in total. The molecule has 1 aromatic rings. The summed E-state index contributed by atoms with van der Waals surface area (Å²) in [7, 11) is 0. The van der Waals surface area contributed by atoms with Gasteiger partial charge in [-0.25, -0.2) is 0 Å². The number of hydrogen-bond acceptors (Lipinski definition) is 4. The van der Waals surface area contributed by atoms with Crippen LogP contribution in [-0.2, 0) is 0 Å². The third kappa shape index (κ3) is 5.33. The maximum Gasteiger partial charge on any atom is 0.119 e. The summed E-state index contributed by atoms with van der Waals surface area (Å²) in [5.41, 5.74) is 1.07. The first-order valence-corrected chi connectivity index (χ1v) is 6.73. The van der Waals surface area contributed by atoms with E-state index < -0.39 is 0 Å². The first-order chi connectivity index (χ1) is 8.30. The molecule has 0 radical (unpaired) electrons. The number of hydrogen-bond donors (Lipinski definition) is 2. The van der Waals surface area contributed by atoms with Crippen molar-refractivity contribution in [3.8, 4) is 5.75 Å². The molecule has 0 unspecified atom stereocenters. The molecule has 4 heteroatoms. The minimum atomic E-state index is 0.641. The number of likely N-dealkylation sites (N-methyl/N-ethyl adjacent to an activating group) is 1. The number of rotatable bonds is 8. The Balaban J connectivity index is 2.31. The van der Waals surface area contributed by atoms with Gasteiger partial charge in [-0.05, 0) is 37.4 Å². The summed E-state index contributed by atoms with van der Waals surface area (Å²) in [4.78, 5) is 2.34. The zero-order chi connectivity index (χ0) is 12.5. The van der Waals surface area contributed by atoms with Crippen LogP contribution < -0.4 is 10.1 Å². The molecule has 0 aliphatic rings. The minimum absolute atomic E-state index is 0.641. The quantitative estimate of drug-likeness (QED) is 0.551. The molecule has 3 nitrogen and oxygen atoms in total. The van der Waals surface area contributed by atoms with Gasteiger partial charge in [-0.15, -0.1) is 0 Å². The van der Waals surface area contributed by atoms with Gasteiger partial charge in [0, 0.05) is 12.2 Å². The Morgan fingerprint density at radius 2 is 1.82 bits per heavy atom. The standard InChI is InChI=1S/C13H22N2OS/c1-3-15(4-2)9-10-16-13-7-5-12(6-8-13)14-11-17/h5-8,14,17H,3-4,9-11H2,1-2H3. The molecule has 1 rings (SSSR count). The van der Waals surface area contributed by atoms with Gasteiger partial charge in [-0.3, -0.25) is 0 Å². The molecule has 0 heterocycles. The van der Waals surface area contributed by atoms with Crippen molar-refractivity contribution in [1.82, 2.24) is 4.90 Å². The third-order valence-corrected chi connectivity index (χ3v) is 2.87. The van der Waals surface area contributed by atoms with Crippen LogP contribution in [0.2, 0.25) is 0 Å². The zero-order valence-electron chi connectivity index (χ0n) is 10.6. The van der Waals surface area contributed by atoms with Gasteiger partial charge in [0.05, 0.1) is 5.88 Å². The third-order valence-electron chi connectivity index (χ3n) is 2.71. The van der Waals surface area contributed by atoms with Crippen LogP contribution in [-0.4, -0.2) is 37.0 Å². The van der Waals surface area contributed by atoms with E-state index in [1.165, 1.54) is 0 Å². The molecule has 17 heavy (non-hydrogen) atoms. The Morgan fingerprint density at radius 1 is 1.18 bits per heavy atom. The average molecular weight is 254 g/mol. The lowest BCUT2D eigenvalue weighted by Gasteiger charge is -2.18. The molecule has 1 aromatic carbocycles. The highest BCUT2D eigenvalue weighted by atomic mass is 32.1. The van der Waals surface area contributed by atoms with Gasteiger partial charge in [0.15, 0.2) is 0 Å². The molecule has 0 amide bonds. The number of nitrogens with one attached hydrogen (secondary N) is 1. The van der Waals surface area contributed by atoms with E-state index in [1.54, 1.807) is 0 Å². The van der Waals surface area contributed by atoms with Crippen LogP contribution in [0.4, 0.5) is 5.69 Å². The van der Waals surface area contributed by atoms with E-state index >= 15 is 0 Å². The number of anilines is 1. The monoisotopic (exact) mass is 254 g/mol. The Kier molecular flexibility index (Phi) is 6.89. The minimum Gasteiger partial charge on any atom is -0.492 e. The topological polar surface area (TPSA) is 24.5 Å². The number of thiol groups is 1. The maximum absolute atomic E-state index is 5.68. The SMILES string of the molecule is CCN(CC)CCOc1ccc(NCS)cc1. The van der Waals surface area contributed by atoms with E-state index in [-0.39, 0.29) is 0 Å². The molecule has 96 valence electrons. The largest absolute Gasteiger partial charge is 0.492 e. The van der Waals surface area contributed by atoms with Crippen LogP contribution in [0.5, 0.6) is 5.75 Å². The van der Waals surface area contributed by atoms with Crippen molar-refractivity contribution in [3.05, 3.63) is 24.3 Å². The van der Waals surface area contributed by atoms with Gasteiger partial charge in [-0.2, -0.15) is 12.6 Å². The molecule has 0 aliphatic carbocycles. The lowest BCUT2D eigenvalue weighted by atomic mass is 10.3. The highest BCUT2D eigenvalue weighted by molar-refractivity contribution is 7.80. The van der Waals surface area contributed by atoms with Crippen LogP contribution in [0, 0.1) is 0 Å². The molecular weight excluding hydrogens is 232 g/mol. The predicted octanol–water partition coefficient (Wildman–Crippen LogP) is 2.71. The summed E-state index contributed by atoms with van der Waals surface area (Å²) in [6.45, 7) is 8.20. The molecule has 0 spiro atoms. The normalized spacial score (nSPS) is 10.6. The van der Waals surface area contributed by atoms with E-state index in [9.17, 15) is 0 Å². The second-order valence-electron chi connectivity index (χ2n) is 3.73. The predicted molar refractivity (Wildman–Crippen MR) is 77.2 cm³/mol. The highest BCUT2D eigenvalue weighted by Gasteiger charge is 1.99. The molecule has 0 aromatic heterocycles. The van der Waals surface area contributed by atoms with E-state index in [0.717, 1.165) is 37.7 Å². The van der Waals surface area contributed by atoms with Crippen molar-refractivity contribution in [2.75, 3.05) is 37.4 Å². The molecule has 0 bridgehead atoms. The Bertz CT molecular complexity index is 299. The molecule has 0 saturated heterocycles. The van der Waals surface area contributed by atoms with Gasteiger partial charge >= 0.3 is 0 Å². The van der Waals surface area contributed by atoms with Gasteiger partial charge in [-0.1, -0.05) is 13.8 Å². The van der Waals surface area contributed by atoms with Gasteiger partial charge in [0.2, 0.25) is 0 Å². The first-order valence-electron chi connectivity index (χ1n) is 6.10. The van der Waals surface area contributed by atoms with Crippen LogP contribution in [0.15, 0.2) is 24.3 Å². The van der Waals surface area contributed by atoms with E-state index in [2.05, 4.69) is 36.7 Å². The molecular formula is C13H22N2OS. The van der Waals surface area contributed by atoms with Crippen molar-refractivity contribution in [1.29, 1.82) is 0 Å². The fraction of sp³-hybridized carbons (Fsp3) is 0.538. The van der Waals surface area contributed by atoms with Crippen LogP contribution in [0.3, 0.4) is 0 Å². The smallest absolute Gasteiger partial charge is 0.119 e. The Morgan fingerprint density at radius 3 is 2.35 bits per heavy atom. The van der Waals surface area contributed by atoms with Crippen molar-refractivity contribution < 1.29 is 4.74 Å². The summed E-state index contributed by atoms with van der Waals surface area (Å²) >= 11 is 4.11. The highest BCUT2D eigenvalue weighted by Crippen LogP contribution is 2.15. The van der Waals surface area contributed by atoms with Gasteiger partial charge in [0.1, 0.15) is 12.4 Å². The number of ether oxygens (including phenoxy) is 1. The number of benzene rings is 1. The summed E-state index contributed by atoms with van der Waals surface area (Å²) in [5, 5.41) is 3.13. The van der Waals surface area contributed by atoms with Crippen LogP contribution in [0.25, 0.3) is 0 Å². The summed E-state index contributed by atoms with van der Waals surface area (Å²) in [6.07, 6.45) is 0. The molecule has 0 atom stereocenters. The lowest BCUT2D eigenvalue weighted by molar-refractivity contribution is 0.223. The summed E-state index contributed by atoms with van der Waals surface area (Å²) < 4.78 is 5.68. The Labute approximate surface area is 110 Å². The van der Waals surface area contributed by atoms with Crippen molar-refractivity contribution >= 4 is 18.3 Å². The molecule has 0 saturated carbocycles. The van der Waals surface area contributed by atoms with Crippen molar-refractivity contribution in [3.63, 3.8) is 0 Å². The van der Waals surface area contributed by atoms with Gasteiger partial charge < -0.3 is 15.0 Å². The molecule has 0 fully saturated rings. The summed E-state index contributed by atoms with van der Waals surface area (Å²) in [5.74, 6) is 1.56. The van der Waals surface area contributed by atoms with E-state index in [1.807, 2.05) is 24.3 Å². The molecule has 0 aliphatic heterocycles. The average Bonchev–Trinajstić information content (AvgIpc) is 2.37. The fourth-order valence-electron chi connectivity index (χ4n) is 1.59. The van der Waals surface area contributed by atoms with E-state index in [4.69, 9.17) is 4.74 Å². The maximum atomic E-state index is 5.68. The van der Waals surface area contributed by atoms with E-state index in [0.29, 0.717) is 5.88 Å². The van der Waals surface area contributed by atoms with Crippen LogP contribution in [0.1, 0.15) is 13.8 Å². The second kappa shape index (κ2) is 8.25. The van der Waals surface area contributed by atoms with Crippen molar-refractivity contribution in [2.45, 2.75) is 13.8 Å². The Hall–Kier alpha value is -0.870. The zero-order valence-corrected chi connectivity index (χ0v) is 11.5. The first kappa shape index (κ1) is 14.2. The van der Waals surface area contributed by atoms with Gasteiger partial charge in [0.25, 0.3) is 0 Å². The van der Waals surface area contributed by atoms with Crippen LogP contribution >= 0.6 is 12.6 Å². The van der Waals surface area contributed by atoms with Crippen molar-refractivity contribution in [2.24, 2.45) is 0 Å². The fourth-order valence-corrected chi connectivity index (χ4v) is 1.78. The lowest BCUT2D eigenvalue weighted by Crippen LogP contribution is -2.27.